The molecule has 2 heterocycles. The van der Waals surface area contributed by atoms with Crippen molar-refractivity contribution in [2.24, 2.45) is 0 Å². The van der Waals surface area contributed by atoms with Crippen LogP contribution in [0.4, 0.5) is 0 Å². The number of ether oxygens (including phenoxy) is 3. The first-order chi connectivity index (χ1) is 12.6. The first kappa shape index (κ1) is 18.6. The topological polar surface area (TPSA) is 57.0 Å². The van der Waals surface area contributed by atoms with Gasteiger partial charge in [0.25, 0.3) is 0 Å². The molecule has 0 amide bonds. The Hall–Kier alpha value is -2.21. The predicted octanol–water partition coefficient (Wildman–Crippen LogP) is 4.16. The van der Waals surface area contributed by atoms with Crippen LogP contribution >= 0.6 is 0 Å². The van der Waals surface area contributed by atoms with Crippen LogP contribution in [-0.4, -0.2) is 37.9 Å². The van der Waals surface area contributed by atoms with Crippen molar-refractivity contribution in [3.63, 3.8) is 0 Å². The highest BCUT2D eigenvalue weighted by molar-refractivity contribution is 5.55. The zero-order valence-electron chi connectivity index (χ0n) is 16.2. The smallest absolute Gasteiger partial charge is 0.203 e. The minimum Gasteiger partial charge on any atom is -0.493 e. The van der Waals surface area contributed by atoms with Gasteiger partial charge in [-0.25, -0.2) is 0 Å². The third-order valence-electron chi connectivity index (χ3n) is 4.99. The minimum absolute atomic E-state index is 0.243. The molecule has 1 aliphatic heterocycles. The Kier molecular flexibility index (Phi) is 5.71. The fraction of sp³-hybridized carbons (Fsp3) is 0.550. The molecule has 6 heteroatoms. The van der Waals surface area contributed by atoms with Gasteiger partial charge in [-0.1, -0.05) is 25.1 Å². The van der Waals surface area contributed by atoms with Crippen LogP contribution < -0.4 is 14.2 Å². The lowest BCUT2D eigenvalue weighted by molar-refractivity contribution is 0.203. The molecule has 6 nitrogen and oxygen atoms in total. The predicted molar refractivity (Wildman–Crippen MR) is 99.1 cm³/mol. The third kappa shape index (κ3) is 3.51. The molecular formula is C20H28N2O4. The first-order valence-electron chi connectivity index (χ1n) is 9.07. The standard InChI is InChI=1S/C20H28N2O4/c1-13(2)15-11-18(26-21-15)16-7-6-10-22(16)12-14-8-9-17(23-3)20(25-5)19(14)24-4/h8-9,11,13,16H,6-7,10,12H2,1-5H3/t16-/m0/s1. The van der Waals surface area contributed by atoms with E-state index in [-0.39, 0.29) is 6.04 Å². The molecule has 0 aliphatic carbocycles. The maximum atomic E-state index is 5.65. The molecule has 0 unspecified atom stereocenters. The van der Waals surface area contributed by atoms with E-state index in [4.69, 9.17) is 18.7 Å². The molecule has 1 aromatic heterocycles. The second-order valence-electron chi connectivity index (χ2n) is 6.93. The SMILES string of the molecule is COc1ccc(CN2CCC[C@H]2c2cc(C(C)C)no2)c(OC)c1OC. The van der Waals surface area contributed by atoms with E-state index in [1.165, 1.54) is 0 Å². The van der Waals surface area contributed by atoms with Crippen LogP contribution in [0.2, 0.25) is 0 Å². The zero-order valence-corrected chi connectivity index (χ0v) is 16.2. The quantitative estimate of drug-likeness (QED) is 0.739. The largest absolute Gasteiger partial charge is 0.493 e. The van der Waals surface area contributed by atoms with Gasteiger partial charge in [0.2, 0.25) is 5.75 Å². The van der Waals surface area contributed by atoms with E-state index in [0.717, 1.165) is 48.7 Å². The van der Waals surface area contributed by atoms with Crippen molar-refractivity contribution in [1.82, 2.24) is 10.1 Å². The van der Waals surface area contributed by atoms with Crippen molar-refractivity contribution < 1.29 is 18.7 Å². The minimum atomic E-state index is 0.243. The van der Waals surface area contributed by atoms with E-state index in [0.29, 0.717) is 17.4 Å². The normalized spacial score (nSPS) is 17.7. The number of rotatable bonds is 7. The maximum absolute atomic E-state index is 5.65. The first-order valence-corrected chi connectivity index (χ1v) is 9.07. The van der Waals surface area contributed by atoms with Crippen LogP contribution in [0, 0.1) is 0 Å². The van der Waals surface area contributed by atoms with Gasteiger partial charge in [-0.05, 0) is 31.4 Å². The maximum Gasteiger partial charge on any atom is 0.203 e. The van der Waals surface area contributed by atoms with Gasteiger partial charge in [0.15, 0.2) is 17.3 Å². The fourth-order valence-corrected chi connectivity index (χ4v) is 3.58. The number of hydrogen-bond acceptors (Lipinski definition) is 6. The summed E-state index contributed by atoms with van der Waals surface area (Å²) in [5.74, 6) is 3.34. The molecule has 0 spiro atoms. The molecule has 0 radical (unpaired) electrons. The highest BCUT2D eigenvalue weighted by atomic mass is 16.5. The Labute approximate surface area is 155 Å². The summed E-state index contributed by atoms with van der Waals surface area (Å²) in [7, 11) is 4.92. The highest BCUT2D eigenvalue weighted by Gasteiger charge is 2.31. The van der Waals surface area contributed by atoms with Gasteiger partial charge in [-0.2, -0.15) is 0 Å². The molecule has 1 aliphatic rings. The fourth-order valence-electron chi connectivity index (χ4n) is 3.58. The number of nitrogens with zero attached hydrogens (tertiary/aromatic N) is 2. The summed E-state index contributed by atoms with van der Waals surface area (Å²) >= 11 is 0. The Morgan fingerprint density at radius 3 is 2.54 bits per heavy atom. The second kappa shape index (κ2) is 7.99. The van der Waals surface area contributed by atoms with E-state index in [1.54, 1.807) is 21.3 Å². The van der Waals surface area contributed by atoms with Gasteiger partial charge in [-0.3, -0.25) is 4.90 Å². The molecule has 0 saturated carbocycles. The summed E-state index contributed by atoms with van der Waals surface area (Å²) in [5, 5.41) is 4.22. The Morgan fingerprint density at radius 1 is 1.15 bits per heavy atom. The van der Waals surface area contributed by atoms with Gasteiger partial charge in [0.1, 0.15) is 0 Å². The summed E-state index contributed by atoms with van der Waals surface area (Å²) < 4.78 is 22.2. The van der Waals surface area contributed by atoms with Crippen LogP contribution in [0.25, 0.3) is 0 Å². The van der Waals surface area contributed by atoms with Crippen LogP contribution in [0.3, 0.4) is 0 Å². The molecule has 1 atom stereocenters. The van der Waals surface area contributed by atoms with Crippen molar-refractivity contribution >= 4 is 0 Å². The second-order valence-corrected chi connectivity index (χ2v) is 6.93. The molecule has 1 saturated heterocycles. The van der Waals surface area contributed by atoms with Gasteiger partial charge >= 0.3 is 0 Å². The molecule has 1 aromatic carbocycles. The average Bonchev–Trinajstić information content (AvgIpc) is 3.30. The Morgan fingerprint density at radius 2 is 1.92 bits per heavy atom. The lowest BCUT2D eigenvalue weighted by atomic mass is 10.1. The third-order valence-corrected chi connectivity index (χ3v) is 4.99. The van der Waals surface area contributed by atoms with E-state index in [1.807, 2.05) is 12.1 Å². The van der Waals surface area contributed by atoms with Gasteiger partial charge in [-0.15, -0.1) is 0 Å². The molecular weight excluding hydrogens is 332 g/mol. The number of methoxy groups -OCH3 is 3. The Balaban J connectivity index is 1.85. The number of benzene rings is 1. The van der Waals surface area contributed by atoms with Crippen LogP contribution in [0.5, 0.6) is 17.2 Å². The summed E-state index contributed by atoms with van der Waals surface area (Å²) in [6.07, 6.45) is 2.21. The highest BCUT2D eigenvalue weighted by Crippen LogP contribution is 2.42. The summed E-state index contributed by atoms with van der Waals surface area (Å²) in [4.78, 5) is 2.41. The molecule has 1 fully saturated rings. The van der Waals surface area contributed by atoms with Crippen molar-refractivity contribution in [3.8, 4) is 17.2 Å². The lowest BCUT2D eigenvalue weighted by Crippen LogP contribution is -2.23. The lowest BCUT2D eigenvalue weighted by Gasteiger charge is -2.24. The van der Waals surface area contributed by atoms with Crippen molar-refractivity contribution in [3.05, 3.63) is 35.2 Å². The summed E-state index contributed by atoms with van der Waals surface area (Å²) in [6, 6.07) is 6.30. The van der Waals surface area contributed by atoms with Crippen molar-refractivity contribution in [2.75, 3.05) is 27.9 Å². The van der Waals surface area contributed by atoms with E-state index in [2.05, 4.69) is 30.0 Å². The number of likely N-dealkylation sites (tertiary alicyclic amines) is 1. The van der Waals surface area contributed by atoms with Crippen LogP contribution in [0.1, 0.15) is 55.7 Å². The average molecular weight is 360 g/mol. The van der Waals surface area contributed by atoms with Gasteiger partial charge in [0.05, 0.1) is 33.1 Å². The monoisotopic (exact) mass is 360 g/mol. The number of aromatic nitrogens is 1. The summed E-state index contributed by atoms with van der Waals surface area (Å²) in [6.45, 7) is 6.02. The van der Waals surface area contributed by atoms with E-state index >= 15 is 0 Å². The molecule has 142 valence electrons. The summed E-state index contributed by atoms with van der Waals surface area (Å²) in [5.41, 5.74) is 2.08. The van der Waals surface area contributed by atoms with Crippen molar-refractivity contribution in [1.29, 1.82) is 0 Å². The molecule has 3 rings (SSSR count). The van der Waals surface area contributed by atoms with Crippen molar-refractivity contribution in [2.45, 2.75) is 45.2 Å². The number of hydrogen-bond donors (Lipinski definition) is 0. The van der Waals surface area contributed by atoms with Crippen LogP contribution in [0.15, 0.2) is 22.7 Å². The zero-order chi connectivity index (χ0) is 18.7. The van der Waals surface area contributed by atoms with E-state index in [9.17, 15) is 0 Å². The van der Waals surface area contributed by atoms with Gasteiger partial charge < -0.3 is 18.7 Å². The Bertz CT molecular complexity index is 741. The molecule has 2 aromatic rings. The molecule has 0 bridgehead atoms. The molecule has 26 heavy (non-hydrogen) atoms. The molecule has 0 N–H and O–H groups in total. The van der Waals surface area contributed by atoms with E-state index < -0.39 is 0 Å². The van der Waals surface area contributed by atoms with Gasteiger partial charge in [0, 0.05) is 18.2 Å². The van der Waals surface area contributed by atoms with Crippen LogP contribution in [-0.2, 0) is 6.54 Å².